The lowest BCUT2D eigenvalue weighted by Gasteiger charge is -2.06. The van der Waals surface area contributed by atoms with Crippen molar-refractivity contribution in [2.24, 2.45) is 0 Å². The number of halogens is 3. The van der Waals surface area contributed by atoms with E-state index in [9.17, 15) is 13.2 Å². The topological polar surface area (TPSA) is 52.0 Å². The molecule has 0 aliphatic carbocycles. The highest BCUT2D eigenvalue weighted by Crippen LogP contribution is 2.34. The summed E-state index contributed by atoms with van der Waals surface area (Å²) in [5.41, 5.74) is 6.23. The average Bonchev–Trinajstić information content (AvgIpc) is 2.67. The minimum absolute atomic E-state index is 0.0394. The number of benzene rings is 1. The first-order valence-electron chi connectivity index (χ1n) is 5.31. The molecule has 0 aliphatic rings. The molecule has 96 valence electrons. The first kappa shape index (κ1) is 12.5. The Labute approximate surface area is 101 Å². The van der Waals surface area contributed by atoms with Crippen LogP contribution in [0.5, 0.6) is 0 Å². The molecule has 6 heteroatoms. The molecule has 1 heterocycles. The lowest BCUT2D eigenvalue weighted by molar-refractivity contribution is 0.429. The largest absolute Gasteiger partial charge is 0.381 e. The summed E-state index contributed by atoms with van der Waals surface area (Å²) < 4.78 is 44.1. The number of anilines is 1. The minimum atomic E-state index is -1.52. The third-order valence-corrected chi connectivity index (χ3v) is 2.58. The molecule has 0 unspecified atom stereocenters. The van der Waals surface area contributed by atoms with Crippen molar-refractivity contribution in [3.63, 3.8) is 0 Å². The van der Waals surface area contributed by atoms with Crippen LogP contribution in [0.3, 0.4) is 0 Å². The van der Waals surface area contributed by atoms with E-state index in [1.54, 1.807) is 0 Å². The second-order valence-corrected chi connectivity index (χ2v) is 4.22. The van der Waals surface area contributed by atoms with Crippen molar-refractivity contribution in [2.45, 2.75) is 19.8 Å². The van der Waals surface area contributed by atoms with E-state index in [0.717, 1.165) is 12.1 Å². The van der Waals surface area contributed by atoms with Crippen LogP contribution in [0.1, 0.15) is 25.3 Å². The van der Waals surface area contributed by atoms with E-state index in [-0.39, 0.29) is 23.1 Å². The molecule has 1 aromatic carbocycles. The summed E-state index contributed by atoms with van der Waals surface area (Å²) in [6, 6.07) is 1.70. The molecule has 0 bridgehead atoms. The van der Waals surface area contributed by atoms with Gasteiger partial charge in [0, 0.05) is 11.1 Å². The first-order chi connectivity index (χ1) is 8.41. The zero-order chi connectivity index (χ0) is 13.4. The van der Waals surface area contributed by atoms with E-state index < -0.39 is 17.5 Å². The standard InChI is InChI=1S/C12H11F3N2O/c1-5(2)9-11(18-17-12(9)16)6-3-7(13)10(15)8(14)4-6/h3-5H,1-2H3,(H2,16,17). The van der Waals surface area contributed by atoms with Crippen LogP contribution in [0.2, 0.25) is 0 Å². The van der Waals surface area contributed by atoms with Gasteiger partial charge in [-0.15, -0.1) is 0 Å². The molecule has 0 spiro atoms. The van der Waals surface area contributed by atoms with E-state index in [0.29, 0.717) is 5.56 Å². The van der Waals surface area contributed by atoms with Crippen LogP contribution in [0.25, 0.3) is 11.3 Å². The number of hydrogen-bond donors (Lipinski definition) is 1. The van der Waals surface area contributed by atoms with E-state index in [1.807, 2.05) is 13.8 Å². The Morgan fingerprint density at radius 3 is 2.22 bits per heavy atom. The van der Waals surface area contributed by atoms with Gasteiger partial charge in [0.15, 0.2) is 29.0 Å². The third kappa shape index (κ3) is 1.94. The van der Waals surface area contributed by atoms with Crippen LogP contribution in [0.4, 0.5) is 19.0 Å². The second-order valence-electron chi connectivity index (χ2n) is 4.22. The van der Waals surface area contributed by atoms with Crippen LogP contribution in [-0.4, -0.2) is 5.16 Å². The van der Waals surface area contributed by atoms with Gasteiger partial charge in [-0.25, -0.2) is 13.2 Å². The molecule has 0 atom stereocenters. The minimum Gasteiger partial charge on any atom is -0.381 e. The van der Waals surface area contributed by atoms with E-state index in [2.05, 4.69) is 5.16 Å². The normalized spacial score (nSPS) is 11.2. The van der Waals surface area contributed by atoms with Gasteiger partial charge < -0.3 is 10.3 Å². The van der Waals surface area contributed by atoms with Crippen molar-refractivity contribution in [1.82, 2.24) is 5.16 Å². The number of nitrogens with two attached hydrogens (primary N) is 1. The maximum Gasteiger partial charge on any atom is 0.194 e. The fourth-order valence-electron chi connectivity index (χ4n) is 1.76. The van der Waals surface area contributed by atoms with E-state index in [4.69, 9.17) is 10.3 Å². The molecule has 3 nitrogen and oxygen atoms in total. The van der Waals surface area contributed by atoms with Crippen molar-refractivity contribution in [2.75, 3.05) is 5.73 Å². The molecule has 0 amide bonds. The van der Waals surface area contributed by atoms with Crippen molar-refractivity contribution >= 4 is 5.82 Å². The fraction of sp³-hybridized carbons (Fsp3) is 0.250. The zero-order valence-electron chi connectivity index (χ0n) is 9.80. The van der Waals surface area contributed by atoms with Gasteiger partial charge in [0.05, 0.1) is 0 Å². The average molecular weight is 256 g/mol. The molecule has 0 saturated carbocycles. The van der Waals surface area contributed by atoms with E-state index in [1.165, 1.54) is 0 Å². The Balaban J connectivity index is 2.63. The molecule has 1 aromatic heterocycles. The Kier molecular flexibility index (Phi) is 3.02. The maximum absolute atomic E-state index is 13.2. The van der Waals surface area contributed by atoms with Crippen LogP contribution in [0, 0.1) is 17.5 Å². The van der Waals surface area contributed by atoms with Gasteiger partial charge >= 0.3 is 0 Å². The van der Waals surface area contributed by atoms with Crippen molar-refractivity contribution < 1.29 is 17.7 Å². The number of aromatic nitrogens is 1. The van der Waals surface area contributed by atoms with Crippen molar-refractivity contribution in [3.8, 4) is 11.3 Å². The molecule has 0 aliphatic heterocycles. The summed E-state index contributed by atoms with van der Waals surface area (Å²) in [7, 11) is 0. The molecule has 0 saturated heterocycles. The summed E-state index contributed by atoms with van der Waals surface area (Å²) >= 11 is 0. The Hall–Kier alpha value is -1.98. The van der Waals surface area contributed by atoms with Crippen LogP contribution >= 0.6 is 0 Å². The predicted molar refractivity (Wildman–Crippen MR) is 60.3 cm³/mol. The lowest BCUT2D eigenvalue weighted by atomic mass is 9.99. The van der Waals surface area contributed by atoms with Crippen LogP contribution in [0.15, 0.2) is 16.7 Å². The summed E-state index contributed by atoms with van der Waals surface area (Å²) in [4.78, 5) is 0. The van der Waals surface area contributed by atoms with Crippen LogP contribution < -0.4 is 5.73 Å². The van der Waals surface area contributed by atoms with Crippen molar-refractivity contribution in [1.29, 1.82) is 0 Å². The number of nitrogen functional groups attached to an aromatic ring is 1. The molecule has 2 aromatic rings. The molecular formula is C12H11F3N2O. The number of rotatable bonds is 2. The Bertz CT molecular complexity index is 570. The monoisotopic (exact) mass is 256 g/mol. The summed E-state index contributed by atoms with van der Waals surface area (Å²) in [5.74, 6) is -3.81. The van der Waals surface area contributed by atoms with Gasteiger partial charge in [0.2, 0.25) is 0 Å². The summed E-state index contributed by atoms with van der Waals surface area (Å²) in [5, 5.41) is 3.56. The second kappa shape index (κ2) is 4.36. The molecule has 0 fully saturated rings. The lowest BCUT2D eigenvalue weighted by Crippen LogP contribution is -1.97. The highest BCUT2D eigenvalue weighted by atomic mass is 19.2. The molecular weight excluding hydrogens is 245 g/mol. The van der Waals surface area contributed by atoms with Gasteiger partial charge in [-0.1, -0.05) is 19.0 Å². The zero-order valence-corrected chi connectivity index (χ0v) is 9.80. The molecule has 0 radical (unpaired) electrons. The fourth-order valence-corrected chi connectivity index (χ4v) is 1.76. The van der Waals surface area contributed by atoms with Crippen LogP contribution in [-0.2, 0) is 0 Å². The van der Waals surface area contributed by atoms with Crippen molar-refractivity contribution in [3.05, 3.63) is 35.1 Å². The number of hydrogen-bond acceptors (Lipinski definition) is 3. The maximum atomic E-state index is 13.2. The molecule has 2 rings (SSSR count). The quantitative estimate of drug-likeness (QED) is 0.837. The molecule has 2 N–H and O–H groups in total. The highest BCUT2D eigenvalue weighted by Gasteiger charge is 2.21. The predicted octanol–water partition coefficient (Wildman–Crippen LogP) is 3.46. The molecule has 18 heavy (non-hydrogen) atoms. The van der Waals surface area contributed by atoms with Gasteiger partial charge in [-0.2, -0.15) is 0 Å². The van der Waals surface area contributed by atoms with Gasteiger partial charge in [-0.3, -0.25) is 0 Å². The summed E-state index contributed by atoms with van der Waals surface area (Å²) in [6.45, 7) is 3.67. The third-order valence-electron chi connectivity index (χ3n) is 2.58. The van der Waals surface area contributed by atoms with Gasteiger partial charge in [0.1, 0.15) is 0 Å². The smallest absolute Gasteiger partial charge is 0.194 e. The SMILES string of the molecule is CC(C)c1c(N)noc1-c1cc(F)c(F)c(F)c1. The first-order valence-corrected chi connectivity index (χ1v) is 5.31. The van der Waals surface area contributed by atoms with E-state index >= 15 is 0 Å². The highest BCUT2D eigenvalue weighted by molar-refractivity contribution is 5.67. The number of nitrogens with zero attached hydrogens (tertiary/aromatic N) is 1. The summed E-state index contributed by atoms with van der Waals surface area (Å²) in [6.07, 6.45) is 0. The van der Waals surface area contributed by atoms with Gasteiger partial charge in [0.25, 0.3) is 0 Å². The van der Waals surface area contributed by atoms with Gasteiger partial charge in [-0.05, 0) is 18.1 Å². The Morgan fingerprint density at radius 2 is 1.72 bits per heavy atom. The Morgan fingerprint density at radius 1 is 1.17 bits per heavy atom.